The van der Waals surface area contributed by atoms with Crippen molar-refractivity contribution in [1.29, 1.82) is 0 Å². The Labute approximate surface area is 115 Å². The van der Waals surface area contributed by atoms with Crippen LogP contribution < -0.4 is 5.32 Å². The monoisotopic (exact) mass is 280 g/mol. The molecule has 2 aromatic rings. The molecule has 19 heavy (non-hydrogen) atoms. The molecule has 0 fully saturated rings. The van der Waals surface area contributed by atoms with E-state index in [-0.39, 0.29) is 28.8 Å². The average Bonchev–Trinajstić information content (AvgIpc) is 2.86. The van der Waals surface area contributed by atoms with Crippen LogP contribution in [0.3, 0.4) is 0 Å². The number of benzene rings is 1. The summed E-state index contributed by atoms with van der Waals surface area (Å²) in [5, 5.41) is 20.0. The van der Waals surface area contributed by atoms with Crippen LogP contribution in [-0.2, 0) is 13.1 Å². The summed E-state index contributed by atoms with van der Waals surface area (Å²) in [7, 11) is 0. The number of carbonyl (C=O) groups is 1. The third kappa shape index (κ3) is 3.03. The van der Waals surface area contributed by atoms with Gasteiger partial charge in [-0.15, -0.1) is 10.2 Å². The Morgan fingerprint density at radius 2 is 2.32 bits per heavy atom. The number of nitrogens with one attached hydrogen (secondary N) is 1. The number of phenols is 1. The van der Waals surface area contributed by atoms with Crippen molar-refractivity contribution < 1.29 is 9.90 Å². The minimum absolute atomic E-state index is 0.00808. The van der Waals surface area contributed by atoms with Crippen molar-refractivity contribution in [1.82, 2.24) is 20.1 Å². The molecule has 0 aliphatic heterocycles. The highest BCUT2D eigenvalue weighted by atomic mass is 35.5. The molecule has 0 aliphatic rings. The SMILES string of the molecule is CCn1cnnc1CNC(=O)c1cc(O)ccc1Cl. The normalized spacial score (nSPS) is 10.4. The molecular weight excluding hydrogens is 268 g/mol. The van der Waals surface area contributed by atoms with Crippen molar-refractivity contribution in [3.8, 4) is 5.75 Å². The van der Waals surface area contributed by atoms with E-state index in [0.29, 0.717) is 5.82 Å². The second-order valence-corrected chi connectivity index (χ2v) is 4.29. The second kappa shape index (κ2) is 5.71. The number of aryl methyl sites for hydroxylation is 1. The Hall–Kier alpha value is -2.08. The van der Waals surface area contributed by atoms with E-state index in [1.807, 2.05) is 11.5 Å². The van der Waals surface area contributed by atoms with Gasteiger partial charge in [0, 0.05) is 6.54 Å². The van der Waals surface area contributed by atoms with E-state index in [1.54, 1.807) is 6.33 Å². The first kappa shape index (κ1) is 13.4. The zero-order chi connectivity index (χ0) is 13.8. The van der Waals surface area contributed by atoms with E-state index in [1.165, 1.54) is 18.2 Å². The van der Waals surface area contributed by atoms with Gasteiger partial charge in [0.05, 0.1) is 17.1 Å². The lowest BCUT2D eigenvalue weighted by Crippen LogP contribution is -2.25. The number of aromatic hydroxyl groups is 1. The molecule has 1 aromatic carbocycles. The van der Waals surface area contributed by atoms with Crippen LogP contribution in [0, 0.1) is 0 Å². The van der Waals surface area contributed by atoms with Gasteiger partial charge in [-0.05, 0) is 25.1 Å². The Morgan fingerprint density at radius 3 is 3.05 bits per heavy atom. The molecule has 0 saturated heterocycles. The number of phenolic OH excluding ortho intramolecular Hbond substituents is 1. The van der Waals surface area contributed by atoms with E-state index in [2.05, 4.69) is 15.5 Å². The smallest absolute Gasteiger partial charge is 0.253 e. The number of rotatable bonds is 4. The van der Waals surface area contributed by atoms with Crippen LogP contribution in [-0.4, -0.2) is 25.8 Å². The Bertz CT molecular complexity index is 597. The largest absolute Gasteiger partial charge is 0.508 e. The van der Waals surface area contributed by atoms with E-state index in [0.717, 1.165) is 6.54 Å². The summed E-state index contributed by atoms with van der Waals surface area (Å²) >= 11 is 5.91. The second-order valence-electron chi connectivity index (χ2n) is 3.88. The summed E-state index contributed by atoms with van der Waals surface area (Å²) in [6.07, 6.45) is 1.60. The number of halogens is 1. The Kier molecular flexibility index (Phi) is 4.01. The fraction of sp³-hybridized carbons (Fsp3) is 0.250. The molecule has 1 aromatic heterocycles. The molecule has 0 bridgehead atoms. The van der Waals surface area contributed by atoms with Crippen LogP contribution in [0.1, 0.15) is 23.1 Å². The van der Waals surface area contributed by atoms with Crippen LogP contribution >= 0.6 is 11.6 Å². The van der Waals surface area contributed by atoms with E-state index in [9.17, 15) is 9.90 Å². The number of amides is 1. The summed E-state index contributed by atoms with van der Waals surface area (Å²) < 4.78 is 1.82. The fourth-order valence-electron chi connectivity index (χ4n) is 1.62. The molecule has 100 valence electrons. The van der Waals surface area contributed by atoms with Crippen molar-refractivity contribution >= 4 is 17.5 Å². The van der Waals surface area contributed by atoms with Gasteiger partial charge in [-0.2, -0.15) is 0 Å². The zero-order valence-corrected chi connectivity index (χ0v) is 11.1. The average molecular weight is 281 g/mol. The van der Waals surface area contributed by atoms with Crippen LogP contribution in [0.4, 0.5) is 0 Å². The van der Waals surface area contributed by atoms with Crippen LogP contribution in [0.5, 0.6) is 5.75 Å². The van der Waals surface area contributed by atoms with Gasteiger partial charge in [0.2, 0.25) is 0 Å². The highest BCUT2D eigenvalue weighted by Crippen LogP contribution is 2.20. The molecule has 2 N–H and O–H groups in total. The quantitative estimate of drug-likeness (QED) is 0.891. The Balaban J connectivity index is 2.07. The molecule has 0 spiro atoms. The molecule has 0 radical (unpaired) electrons. The summed E-state index contributed by atoms with van der Waals surface area (Å²) in [4.78, 5) is 11.9. The fourth-order valence-corrected chi connectivity index (χ4v) is 1.83. The summed E-state index contributed by atoms with van der Waals surface area (Å²) in [5.41, 5.74) is 0.226. The topological polar surface area (TPSA) is 80.0 Å². The molecule has 7 heteroatoms. The van der Waals surface area contributed by atoms with Gasteiger partial charge in [-0.3, -0.25) is 4.79 Å². The van der Waals surface area contributed by atoms with E-state index < -0.39 is 0 Å². The number of nitrogens with zero attached hydrogens (tertiary/aromatic N) is 3. The first-order chi connectivity index (χ1) is 9.11. The lowest BCUT2D eigenvalue weighted by atomic mass is 10.2. The lowest BCUT2D eigenvalue weighted by molar-refractivity contribution is 0.0949. The summed E-state index contributed by atoms with van der Waals surface area (Å²) in [6, 6.07) is 4.22. The van der Waals surface area contributed by atoms with Gasteiger partial charge in [-0.1, -0.05) is 11.6 Å². The van der Waals surface area contributed by atoms with Gasteiger partial charge in [0.1, 0.15) is 12.1 Å². The van der Waals surface area contributed by atoms with Crippen molar-refractivity contribution in [3.63, 3.8) is 0 Å². The van der Waals surface area contributed by atoms with Crippen molar-refractivity contribution in [3.05, 3.63) is 40.9 Å². The van der Waals surface area contributed by atoms with Crippen molar-refractivity contribution in [2.75, 3.05) is 0 Å². The van der Waals surface area contributed by atoms with Gasteiger partial charge in [-0.25, -0.2) is 0 Å². The van der Waals surface area contributed by atoms with Crippen LogP contribution in [0.15, 0.2) is 24.5 Å². The molecule has 1 amide bonds. The minimum atomic E-state index is -0.369. The molecule has 6 nitrogen and oxygen atoms in total. The molecular formula is C12H13ClN4O2. The maximum absolute atomic E-state index is 11.9. The van der Waals surface area contributed by atoms with Gasteiger partial charge in [0.15, 0.2) is 5.82 Å². The first-order valence-corrected chi connectivity index (χ1v) is 6.13. The summed E-state index contributed by atoms with van der Waals surface area (Å²) in [5.74, 6) is 0.282. The highest BCUT2D eigenvalue weighted by molar-refractivity contribution is 6.33. The van der Waals surface area contributed by atoms with E-state index in [4.69, 9.17) is 11.6 Å². The predicted octanol–water partition coefficient (Wildman–Crippen LogP) is 1.59. The van der Waals surface area contributed by atoms with Gasteiger partial charge < -0.3 is 15.0 Å². The number of aromatic nitrogens is 3. The summed E-state index contributed by atoms with van der Waals surface area (Å²) in [6.45, 7) is 2.94. The maximum Gasteiger partial charge on any atom is 0.253 e. The molecule has 0 aliphatic carbocycles. The number of hydrogen-bond acceptors (Lipinski definition) is 4. The van der Waals surface area contributed by atoms with Crippen molar-refractivity contribution in [2.45, 2.75) is 20.0 Å². The third-order valence-electron chi connectivity index (χ3n) is 2.64. The number of carbonyl (C=O) groups excluding carboxylic acids is 1. The molecule has 0 saturated carbocycles. The molecule has 0 unspecified atom stereocenters. The van der Waals surface area contributed by atoms with Crippen molar-refractivity contribution in [2.24, 2.45) is 0 Å². The standard InChI is InChI=1S/C12H13ClN4O2/c1-2-17-7-15-16-11(17)6-14-12(19)9-5-8(18)3-4-10(9)13/h3-5,7,18H,2,6H2,1H3,(H,14,19). The van der Waals surface area contributed by atoms with E-state index >= 15 is 0 Å². The third-order valence-corrected chi connectivity index (χ3v) is 2.97. The van der Waals surface area contributed by atoms with Crippen LogP contribution in [0.25, 0.3) is 0 Å². The highest BCUT2D eigenvalue weighted by Gasteiger charge is 2.12. The van der Waals surface area contributed by atoms with Gasteiger partial charge in [0.25, 0.3) is 5.91 Å². The molecule has 1 heterocycles. The molecule has 0 atom stereocenters. The maximum atomic E-state index is 11.9. The zero-order valence-electron chi connectivity index (χ0n) is 10.3. The molecule has 2 rings (SSSR count). The first-order valence-electron chi connectivity index (χ1n) is 5.75. The van der Waals surface area contributed by atoms with Crippen LogP contribution in [0.2, 0.25) is 5.02 Å². The number of hydrogen-bond donors (Lipinski definition) is 2. The predicted molar refractivity (Wildman–Crippen MR) is 70.0 cm³/mol. The lowest BCUT2D eigenvalue weighted by Gasteiger charge is -2.07. The van der Waals surface area contributed by atoms with Gasteiger partial charge >= 0.3 is 0 Å². The minimum Gasteiger partial charge on any atom is -0.508 e. The Morgan fingerprint density at radius 1 is 1.53 bits per heavy atom.